The van der Waals surface area contributed by atoms with Gasteiger partial charge in [0.2, 0.25) is 5.96 Å². The number of imidazole rings is 1. The maximum Gasteiger partial charge on any atom is 0.416 e. The number of carbonyl (C=O) groups is 1. The van der Waals surface area contributed by atoms with Crippen molar-refractivity contribution in [3.8, 4) is 0 Å². The molecule has 2 heterocycles. The molecule has 0 aliphatic rings. The van der Waals surface area contributed by atoms with Gasteiger partial charge in [0.1, 0.15) is 5.82 Å². The molecule has 3 rings (SSSR count). The van der Waals surface area contributed by atoms with Crippen LogP contribution in [-0.4, -0.2) is 51.6 Å². The van der Waals surface area contributed by atoms with Crippen molar-refractivity contribution in [2.24, 2.45) is 0 Å². The summed E-state index contributed by atoms with van der Waals surface area (Å²) in [6.45, 7) is 2.70. The third kappa shape index (κ3) is 7.13. The lowest BCUT2D eigenvalue weighted by Gasteiger charge is -2.25. The highest BCUT2D eigenvalue weighted by Gasteiger charge is 2.23. The second kappa shape index (κ2) is 12.3. The summed E-state index contributed by atoms with van der Waals surface area (Å²) in [7, 11) is 0. The number of hydrogen-bond donors (Lipinski definition) is 3. The predicted octanol–water partition coefficient (Wildman–Crippen LogP) is 4.08. The number of hydrogen-bond acceptors (Lipinski definition) is 5. The number of nitrogens with zero attached hydrogens (tertiary/aromatic N) is 3. The molecule has 8 nitrogen and oxygen atoms in total. The number of guanidine groups is 1. The molecule has 1 aromatic carbocycles. The molecule has 1 amide bonds. The number of halogens is 1. The van der Waals surface area contributed by atoms with Gasteiger partial charge in [-0.05, 0) is 56.0 Å². The van der Waals surface area contributed by atoms with E-state index in [9.17, 15) is 9.18 Å². The summed E-state index contributed by atoms with van der Waals surface area (Å²) >= 11 is 0. The number of ether oxygens (including phenoxy) is 1. The lowest BCUT2D eigenvalue weighted by molar-refractivity contribution is 0.126. The molecule has 174 valence electrons. The molecule has 1 atom stereocenters. The molecule has 0 radical (unpaired) electrons. The Hall–Kier alpha value is -3.75. The first kappa shape index (κ1) is 23.9. The first-order chi connectivity index (χ1) is 16.1. The molecular formula is C24H29FN6O2. The summed E-state index contributed by atoms with van der Waals surface area (Å²) in [5.74, 6) is -0.502. The van der Waals surface area contributed by atoms with Gasteiger partial charge in [-0.2, -0.15) is 0 Å². The Morgan fingerprint density at radius 3 is 2.73 bits per heavy atom. The van der Waals surface area contributed by atoms with Crippen molar-refractivity contribution in [3.05, 3.63) is 84.0 Å². The van der Waals surface area contributed by atoms with E-state index in [0.29, 0.717) is 13.0 Å². The second-order valence-electron chi connectivity index (χ2n) is 7.44. The van der Waals surface area contributed by atoms with Crippen LogP contribution in [0, 0.1) is 11.2 Å². The topological polar surface area (TPSA) is 107 Å². The number of aryl methyl sites for hydroxylation is 1. The monoisotopic (exact) mass is 452 g/mol. The highest BCUT2D eigenvalue weighted by molar-refractivity contribution is 5.92. The number of benzene rings is 1. The molecule has 0 saturated carbocycles. The summed E-state index contributed by atoms with van der Waals surface area (Å²) in [5, 5.41) is 11.4. The summed E-state index contributed by atoms with van der Waals surface area (Å²) in [6, 6.07) is 11.9. The fourth-order valence-electron chi connectivity index (χ4n) is 3.52. The minimum Gasteiger partial charge on any atom is -0.449 e. The van der Waals surface area contributed by atoms with Crippen LogP contribution in [0.2, 0.25) is 0 Å². The number of pyridine rings is 1. The molecule has 9 heteroatoms. The SMILES string of the molecule is CCOC(=O)N(CCC(c1ccc(F)cc1)c1ccccn1)C(=N)NCCCc1c[nH]cn1. The first-order valence-electron chi connectivity index (χ1n) is 11.0. The van der Waals surface area contributed by atoms with E-state index in [1.54, 1.807) is 31.6 Å². The van der Waals surface area contributed by atoms with Crippen LogP contribution < -0.4 is 5.32 Å². The third-order valence-electron chi connectivity index (χ3n) is 5.17. The standard InChI is InChI=1S/C24H29FN6O2/c1-2-33-24(32)31(23(26)29-14-5-6-20-16-27-17-30-20)15-12-21(22-7-3-4-13-28-22)18-8-10-19(25)11-9-18/h3-4,7-11,13,16-17,21H,2,5-6,12,14-15H2,1H3,(H2,26,29)(H,27,30). The van der Waals surface area contributed by atoms with E-state index in [2.05, 4.69) is 20.3 Å². The van der Waals surface area contributed by atoms with Gasteiger partial charge in [-0.15, -0.1) is 0 Å². The molecule has 1 unspecified atom stereocenters. The molecule has 2 aromatic heterocycles. The van der Waals surface area contributed by atoms with Crippen LogP contribution in [0.15, 0.2) is 61.2 Å². The van der Waals surface area contributed by atoms with Gasteiger partial charge in [-0.1, -0.05) is 18.2 Å². The highest BCUT2D eigenvalue weighted by Crippen LogP contribution is 2.27. The predicted molar refractivity (Wildman–Crippen MR) is 123 cm³/mol. The maximum absolute atomic E-state index is 13.5. The smallest absolute Gasteiger partial charge is 0.416 e. The van der Waals surface area contributed by atoms with Crippen molar-refractivity contribution in [1.29, 1.82) is 5.41 Å². The van der Waals surface area contributed by atoms with Gasteiger partial charge < -0.3 is 15.0 Å². The zero-order chi connectivity index (χ0) is 23.5. The number of nitrogens with one attached hydrogen (secondary N) is 3. The van der Waals surface area contributed by atoms with E-state index in [4.69, 9.17) is 10.1 Å². The summed E-state index contributed by atoms with van der Waals surface area (Å²) < 4.78 is 18.7. The Balaban J connectivity index is 1.67. The zero-order valence-corrected chi connectivity index (χ0v) is 18.6. The first-order valence-corrected chi connectivity index (χ1v) is 11.0. The fraction of sp³-hybridized carbons (Fsp3) is 0.333. The average Bonchev–Trinajstić information content (AvgIpc) is 3.35. The van der Waals surface area contributed by atoms with Gasteiger partial charge in [-0.25, -0.2) is 19.1 Å². The van der Waals surface area contributed by atoms with E-state index in [1.165, 1.54) is 17.0 Å². The van der Waals surface area contributed by atoms with Crippen LogP contribution in [0.5, 0.6) is 0 Å². The molecule has 3 N–H and O–H groups in total. The number of amides is 1. The minimum absolute atomic E-state index is 0.0191. The van der Waals surface area contributed by atoms with Gasteiger partial charge >= 0.3 is 6.09 Å². The van der Waals surface area contributed by atoms with Crippen LogP contribution in [0.25, 0.3) is 0 Å². The van der Waals surface area contributed by atoms with Gasteiger partial charge in [0.15, 0.2) is 0 Å². The highest BCUT2D eigenvalue weighted by atomic mass is 19.1. The third-order valence-corrected chi connectivity index (χ3v) is 5.17. The van der Waals surface area contributed by atoms with Crippen molar-refractivity contribution in [2.75, 3.05) is 19.7 Å². The summed E-state index contributed by atoms with van der Waals surface area (Å²) in [4.78, 5) is 25.4. The molecule has 0 bridgehead atoms. The Bertz CT molecular complexity index is 996. The summed E-state index contributed by atoms with van der Waals surface area (Å²) in [5.41, 5.74) is 2.65. The number of carbonyl (C=O) groups excluding carboxylic acids is 1. The average molecular weight is 453 g/mol. The molecule has 0 saturated heterocycles. The lowest BCUT2D eigenvalue weighted by Crippen LogP contribution is -2.45. The van der Waals surface area contributed by atoms with E-state index in [0.717, 1.165) is 29.8 Å². The van der Waals surface area contributed by atoms with E-state index in [-0.39, 0.29) is 30.8 Å². The van der Waals surface area contributed by atoms with Crippen LogP contribution in [0.4, 0.5) is 9.18 Å². The number of aromatic nitrogens is 3. The van der Waals surface area contributed by atoms with Crippen molar-refractivity contribution in [1.82, 2.24) is 25.2 Å². The molecule has 0 aliphatic heterocycles. The van der Waals surface area contributed by atoms with Gasteiger partial charge in [0.25, 0.3) is 0 Å². The molecule has 0 aliphatic carbocycles. The molecular weight excluding hydrogens is 423 g/mol. The van der Waals surface area contributed by atoms with E-state index < -0.39 is 6.09 Å². The van der Waals surface area contributed by atoms with Crippen molar-refractivity contribution >= 4 is 12.1 Å². The molecule has 33 heavy (non-hydrogen) atoms. The fourth-order valence-corrected chi connectivity index (χ4v) is 3.52. The maximum atomic E-state index is 13.5. The Kier molecular flexibility index (Phi) is 8.93. The molecule has 0 fully saturated rings. The quantitative estimate of drug-likeness (QED) is 0.244. The molecule has 0 spiro atoms. The second-order valence-corrected chi connectivity index (χ2v) is 7.44. The van der Waals surface area contributed by atoms with Gasteiger partial charge in [0.05, 0.1) is 18.6 Å². The van der Waals surface area contributed by atoms with Gasteiger partial charge in [-0.3, -0.25) is 10.4 Å². The van der Waals surface area contributed by atoms with Crippen LogP contribution in [-0.2, 0) is 11.2 Å². The number of H-pyrrole nitrogens is 1. The van der Waals surface area contributed by atoms with E-state index >= 15 is 0 Å². The number of rotatable bonds is 10. The van der Waals surface area contributed by atoms with E-state index in [1.807, 2.05) is 24.4 Å². The Morgan fingerprint density at radius 1 is 1.24 bits per heavy atom. The number of aromatic amines is 1. The van der Waals surface area contributed by atoms with Crippen LogP contribution >= 0.6 is 0 Å². The van der Waals surface area contributed by atoms with Crippen LogP contribution in [0.3, 0.4) is 0 Å². The lowest BCUT2D eigenvalue weighted by atomic mass is 9.92. The molecule has 3 aromatic rings. The summed E-state index contributed by atoms with van der Waals surface area (Å²) in [6.07, 6.45) is 6.60. The Morgan fingerprint density at radius 2 is 2.06 bits per heavy atom. The minimum atomic E-state index is -0.582. The van der Waals surface area contributed by atoms with Crippen molar-refractivity contribution in [2.45, 2.75) is 32.1 Å². The van der Waals surface area contributed by atoms with Crippen molar-refractivity contribution in [3.63, 3.8) is 0 Å². The van der Waals surface area contributed by atoms with Crippen molar-refractivity contribution < 1.29 is 13.9 Å². The zero-order valence-electron chi connectivity index (χ0n) is 18.6. The Labute approximate surface area is 192 Å². The largest absolute Gasteiger partial charge is 0.449 e. The van der Waals surface area contributed by atoms with Gasteiger partial charge in [0, 0.05) is 37.1 Å². The normalized spacial score (nSPS) is 11.6. The van der Waals surface area contributed by atoms with Crippen LogP contribution in [0.1, 0.15) is 42.6 Å².